The van der Waals surface area contributed by atoms with E-state index in [0.717, 1.165) is 38.5 Å². The minimum atomic E-state index is -0.154. The predicted octanol–water partition coefficient (Wildman–Crippen LogP) is 0.159. The molecule has 0 aromatic carbocycles. The van der Waals surface area contributed by atoms with Crippen molar-refractivity contribution in [2.45, 2.75) is 50.8 Å². The van der Waals surface area contributed by atoms with E-state index in [9.17, 15) is 5.11 Å². The summed E-state index contributed by atoms with van der Waals surface area (Å²) in [6.07, 6.45) is 4.48. The van der Waals surface area contributed by atoms with Crippen LogP contribution in [0.25, 0.3) is 0 Å². The number of nitrogens with zero attached hydrogens (tertiary/aromatic N) is 1. The Labute approximate surface area is 105 Å². The molecule has 100 valence electrons. The average molecular weight is 241 g/mol. The summed E-state index contributed by atoms with van der Waals surface area (Å²) in [5.41, 5.74) is 5.65. The van der Waals surface area contributed by atoms with Crippen molar-refractivity contribution in [2.75, 3.05) is 26.2 Å². The normalized spacial score (nSPS) is 32.6. The van der Waals surface area contributed by atoms with Crippen molar-refractivity contribution in [2.24, 2.45) is 11.7 Å². The molecule has 0 bridgehead atoms. The molecule has 1 saturated carbocycles. The van der Waals surface area contributed by atoms with E-state index in [2.05, 4.69) is 17.1 Å². The summed E-state index contributed by atoms with van der Waals surface area (Å²) >= 11 is 0. The summed E-state index contributed by atoms with van der Waals surface area (Å²) in [6.45, 7) is 5.84. The van der Waals surface area contributed by atoms with Gasteiger partial charge in [-0.15, -0.1) is 0 Å². The number of aliphatic hydroxyl groups excluding tert-OH is 1. The van der Waals surface area contributed by atoms with Crippen molar-refractivity contribution in [1.29, 1.82) is 0 Å². The highest BCUT2D eigenvalue weighted by molar-refractivity contribution is 4.91. The molecule has 0 aromatic heterocycles. The van der Waals surface area contributed by atoms with Crippen LogP contribution in [0.4, 0.5) is 0 Å². The van der Waals surface area contributed by atoms with Gasteiger partial charge in [-0.3, -0.25) is 0 Å². The zero-order valence-corrected chi connectivity index (χ0v) is 10.9. The number of hydrogen-bond acceptors (Lipinski definition) is 4. The van der Waals surface area contributed by atoms with Crippen LogP contribution in [0.1, 0.15) is 32.6 Å². The van der Waals surface area contributed by atoms with Crippen molar-refractivity contribution in [1.82, 2.24) is 10.2 Å². The fraction of sp³-hybridized carbons (Fsp3) is 1.00. The van der Waals surface area contributed by atoms with Crippen LogP contribution in [-0.4, -0.2) is 54.4 Å². The van der Waals surface area contributed by atoms with Crippen LogP contribution in [0.3, 0.4) is 0 Å². The number of aliphatic hydroxyl groups is 1. The Kier molecular flexibility index (Phi) is 4.79. The zero-order chi connectivity index (χ0) is 12.3. The maximum atomic E-state index is 10.1. The van der Waals surface area contributed by atoms with Gasteiger partial charge >= 0.3 is 0 Å². The van der Waals surface area contributed by atoms with Gasteiger partial charge in [-0.1, -0.05) is 6.92 Å². The number of nitrogens with two attached hydrogens (primary N) is 1. The lowest BCUT2D eigenvalue weighted by Gasteiger charge is -2.40. The molecule has 3 unspecified atom stereocenters. The minimum absolute atomic E-state index is 0.154. The molecule has 4 N–H and O–H groups in total. The zero-order valence-electron chi connectivity index (χ0n) is 10.9. The maximum absolute atomic E-state index is 10.1. The first-order chi connectivity index (χ1) is 8.22. The van der Waals surface area contributed by atoms with Gasteiger partial charge in [-0.2, -0.15) is 0 Å². The Balaban J connectivity index is 1.88. The minimum Gasteiger partial charge on any atom is -0.393 e. The SMILES string of the molecule is CCC(O)C1CC(NC2CC2)CN(CCN)C1. The first kappa shape index (κ1) is 13.3. The van der Waals surface area contributed by atoms with E-state index in [1.165, 1.54) is 12.8 Å². The number of piperidine rings is 1. The Morgan fingerprint density at radius 1 is 1.35 bits per heavy atom. The van der Waals surface area contributed by atoms with Gasteiger partial charge in [0.2, 0.25) is 0 Å². The first-order valence-corrected chi connectivity index (χ1v) is 7.09. The molecule has 4 heteroatoms. The van der Waals surface area contributed by atoms with Gasteiger partial charge in [0, 0.05) is 38.3 Å². The first-order valence-electron chi connectivity index (χ1n) is 7.09. The Morgan fingerprint density at radius 2 is 2.12 bits per heavy atom. The van der Waals surface area contributed by atoms with Crippen LogP contribution in [-0.2, 0) is 0 Å². The summed E-state index contributed by atoms with van der Waals surface area (Å²) in [4.78, 5) is 2.41. The van der Waals surface area contributed by atoms with E-state index in [0.29, 0.717) is 18.5 Å². The van der Waals surface area contributed by atoms with Crippen LogP contribution in [0.2, 0.25) is 0 Å². The van der Waals surface area contributed by atoms with Gasteiger partial charge in [0.05, 0.1) is 6.10 Å². The van der Waals surface area contributed by atoms with Crippen molar-refractivity contribution in [3.63, 3.8) is 0 Å². The molecule has 1 heterocycles. The topological polar surface area (TPSA) is 61.5 Å². The highest BCUT2D eigenvalue weighted by atomic mass is 16.3. The highest BCUT2D eigenvalue weighted by Gasteiger charge is 2.33. The summed E-state index contributed by atoms with van der Waals surface area (Å²) in [5, 5.41) is 13.7. The van der Waals surface area contributed by atoms with E-state index in [-0.39, 0.29) is 6.10 Å². The lowest BCUT2D eigenvalue weighted by Crippen LogP contribution is -2.53. The fourth-order valence-corrected chi connectivity index (χ4v) is 2.91. The van der Waals surface area contributed by atoms with Gasteiger partial charge in [-0.05, 0) is 31.6 Å². The largest absolute Gasteiger partial charge is 0.393 e. The van der Waals surface area contributed by atoms with Gasteiger partial charge in [0.15, 0.2) is 0 Å². The number of hydrogen-bond donors (Lipinski definition) is 3. The molecule has 1 saturated heterocycles. The van der Waals surface area contributed by atoms with Gasteiger partial charge < -0.3 is 21.1 Å². The molecule has 3 atom stereocenters. The third-order valence-electron chi connectivity index (χ3n) is 4.02. The Hall–Kier alpha value is -0.160. The third kappa shape index (κ3) is 3.91. The van der Waals surface area contributed by atoms with Crippen LogP contribution in [0.5, 0.6) is 0 Å². The fourth-order valence-electron chi connectivity index (χ4n) is 2.91. The van der Waals surface area contributed by atoms with E-state index >= 15 is 0 Å². The summed E-state index contributed by atoms with van der Waals surface area (Å²) in [6, 6.07) is 1.30. The van der Waals surface area contributed by atoms with Crippen LogP contribution in [0, 0.1) is 5.92 Å². The standard InChI is InChI=1S/C13H27N3O/c1-2-13(17)10-7-12(15-11-3-4-11)9-16(8-10)6-5-14/h10-13,15,17H,2-9,14H2,1H3. The van der Waals surface area contributed by atoms with Crippen LogP contribution in [0.15, 0.2) is 0 Å². The Morgan fingerprint density at radius 3 is 2.71 bits per heavy atom. The van der Waals surface area contributed by atoms with Crippen LogP contribution < -0.4 is 11.1 Å². The summed E-state index contributed by atoms with van der Waals surface area (Å²) in [5.74, 6) is 0.413. The van der Waals surface area contributed by atoms with Gasteiger partial charge in [-0.25, -0.2) is 0 Å². The molecule has 2 fully saturated rings. The third-order valence-corrected chi connectivity index (χ3v) is 4.02. The molecular weight excluding hydrogens is 214 g/mol. The highest BCUT2D eigenvalue weighted by Crippen LogP contribution is 2.25. The maximum Gasteiger partial charge on any atom is 0.0578 e. The molecule has 0 aromatic rings. The molecule has 1 aliphatic heterocycles. The average Bonchev–Trinajstić information content (AvgIpc) is 3.12. The molecule has 0 spiro atoms. The van der Waals surface area contributed by atoms with Crippen molar-refractivity contribution >= 4 is 0 Å². The second kappa shape index (κ2) is 6.14. The summed E-state index contributed by atoms with van der Waals surface area (Å²) < 4.78 is 0. The molecule has 4 nitrogen and oxygen atoms in total. The smallest absolute Gasteiger partial charge is 0.0578 e. The molecule has 1 aliphatic carbocycles. The Bertz CT molecular complexity index is 233. The lowest BCUT2D eigenvalue weighted by atomic mass is 9.88. The monoisotopic (exact) mass is 241 g/mol. The molecule has 2 rings (SSSR count). The second-order valence-electron chi connectivity index (χ2n) is 5.66. The van der Waals surface area contributed by atoms with Crippen LogP contribution >= 0.6 is 0 Å². The van der Waals surface area contributed by atoms with Crippen molar-refractivity contribution in [3.05, 3.63) is 0 Å². The van der Waals surface area contributed by atoms with E-state index in [4.69, 9.17) is 5.73 Å². The van der Waals surface area contributed by atoms with E-state index in [1.807, 2.05) is 0 Å². The molecule has 17 heavy (non-hydrogen) atoms. The van der Waals surface area contributed by atoms with Gasteiger partial charge in [0.25, 0.3) is 0 Å². The number of rotatable bonds is 6. The molecule has 0 radical (unpaired) electrons. The number of nitrogens with one attached hydrogen (secondary N) is 1. The van der Waals surface area contributed by atoms with E-state index in [1.54, 1.807) is 0 Å². The molecular formula is C13H27N3O. The molecule has 2 aliphatic rings. The van der Waals surface area contributed by atoms with Crippen molar-refractivity contribution in [3.8, 4) is 0 Å². The summed E-state index contributed by atoms with van der Waals surface area (Å²) in [7, 11) is 0. The molecule has 0 amide bonds. The van der Waals surface area contributed by atoms with Gasteiger partial charge in [0.1, 0.15) is 0 Å². The number of likely N-dealkylation sites (tertiary alicyclic amines) is 1. The predicted molar refractivity (Wildman–Crippen MR) is 69.8 cm³/mol. The van der Waals surface area contributed by atoms with Crippen molar-refractivity contribution < 1.29 is 5.11 Å². The second-order valence-corrected chi connectivity index (χ2v) is 5.66. The lowest BCUT2D eigenvalue weighted by molar-refractivity contribution is 0.0364. The van der Waals surface area contributed by atoms with E-state index < -0.39 is 0 Å². The quantitative estimate of drug-likeness (QED) is 0.620.